The largest absolute Gasteiger partial charge is 0.384 e. The summed E-state index contributed by atoms with van der Waals surface area (Å²) in [6.07, 6.45) is 5.28. The van der Waals surface area contributed by atoms with Crippen LogP contribution in [-0.4, -0.2) is 45.1 Å². The normalized spacial score (nSPS) is 18.5. The zero-order valence-corrected chi connectivity index (χ0v) is 14.1. The average Bonchev–Trinajstić information content (AvgIpc) is 3.17. The third kappa shape index (κ3) is 3.11. The summed E-state index contributed by atoms with van der Waals surface area (Å²) >= 11 is 0. The SMILES string of the molecule is COCC(C)(C)c1nc([C@@H]2CCCO2)n(-c2nccnc2C)n1. The summed E-state index contributed by atoms with van der Waals surface area (Å²) in [6.45, 7) is 7.36. The van der Waals surface area contributed by atoms with E-state index in [1.54, 1.807) is 24.2 Å². The molecule has 0 spiro atoms. The Balaban J connectivity index is 2.09. The minimum Gasteiger partial charge on any atom is -0.384 e. The van der Waals surface area contributed by atoms with Crippen LogP contribution in [0, 0.1) is 6.92 Å². The van der Waals surface area contributed by atoms with Crippen LogP contribution in [0.25, 0.3) is 5.82 Å². The maximum absolute atomic E-state index is 5.82. The maximum atomic E-state index is 5.82. The zero-order valence-electron chi connectivity index (χ0n) is 14.1. The van der Waals surface area contributed by atoms with Gasteiger partial charge >= 0.3 is 0 Å². The van der Waals surface area contributed by atoms with Crippen LogP contribution in [0.15, 0.2) is 12.4 Å². The van der Waals surface area contributed by atoms with Gasteiger partial charge in [-0.3, -0.25) is 4.98 Å². The molecule has 3 heterocycles. The molecule has 2 aromatic rings. The highest BCUT2D eigenvalue weighted by Gasteiger charge is 2.32. The van der Waals surface area contributed by atoms with E-state index >= 15 is 0 Å². The summed E-state index contributed by atoms with van der Waals surface area (Å²) in [6, 6.07) is 0. The lowest BCUT2D eigenvalue weighted by molar-refractivity contribution is 0.103. The van der Waals surface area contributed by atoms with Gasteiger partial charge in [-0.25, -0.2) is 9.97 Å². The Kier molecular flexibility index (Phi) is 4.41. The van der Waals surface area contributed by atoms with Crippen LogP contribution in [0.3, 0.4) is 0 Å². The van der Waals surface area contributed by atoms with Crippen molar-refractivity contribution in [2.75, 3.05) is 20.3 Å². The maximum Gasteiger partial charge on any atom is 0.177 e. The predicted octanol–water partition coefficient (Wildman–Crippen LogP) is 2.14. The predicted molar refractivity (Wildman–Crippen MR) is 84.5 cm³/mol. The molecular formula is C16H23N5O2. The summed E-state index contributed by atoms with van der Waals surface area (Å²) in [7, 11) is 1.69. The van der Waals surface area contributed by atoms with E-state index in [-0.39, 0.29) is 11.5 Å². The minimum atomic E-state index is -0.288. The molecule has 1 fully saturated rings. The van der Waals surface area contributed by atoms with E-state index in [1.165, 1.54) is 0 Å². The van der Waals surface area contributed by atoms with Gasteiger partial charge in [0.15, 0.2) is 17.5 Å². The van der Waals surface area contributed by atoms with Crippen LogP contribution in [0.5, 0.6) is 0 Å². The Labute approximate surface area is 136 Å². The smallest absolute Gasteiger partial charge is 0.177 e. The Morgan fingerprint density at radius 1 is 1.35 bits per heavy atom. The van der Waals surface area contributed by atoms with E-state index in [2.05, 4.69) is 23.8 Å². The van der Waals surface area contributed by atoms with Crippen molar-refractivity contribution in [3.05, 3.63) is 29.7 Å². The number of rotatable bonds is 5. The number of nitrogens with zero attached hydrogens (tertiary/aromatic N) is 5. The van der Waals surface area contributed by atoms with Crippen LogP contribution in [0.1, 0.15) is 50.1 Å². The first-order valence-corrected chi connectivity index (χ1v) is 7.89. The van der Waals surface area contributed by atoms with Gasteiger partial charge in [-0.2, -0.15) is 4.68 Å². The third-order valence-corrected chi connectivity index (χ3v) is 4.02. The van der Waals surface area contributed by atoms with Crippen molar-refractivity contribution >= 4 is 0 Å². The molecule has 7 nitrogen and oxygen atoms in total. The van der Waals surface area contributed by atoms with Crippen molar-refractivity contribution in [1.29, 1.82) is 0 Å². The van der Waals surface area contributed by atoms with Crippen LogP contribution in [-0.2, 0) is 14.9 Å². The molecule has 3 rings (SSSR count). The molecule has 0 amide bonds. The molecule has 23 heavy (non-hydrogen) atoms. The lowest BCUT2D eigenvalue weighted by Crippen LogP contribution is -2.25. The van der Waals surface area contributed by atoms with Gasteiger partial charge in [0.25, 0.3) is 0 Å². The molecule has 0 aliphatic carbocycles. The first-order chi connectivity index (χ1) is 11.0. The molecule has 0 N–H and O–H groups in total. The fraction of sp³-hybridized carbons (Fsp3) is 0.625. The van der Waals surface area contributed by atoms with E-state index in [9.17, 15) is 0 Å². The van der Waals surface area contributed by atoms with Gasteiger partial charge in [0.1, 0.15) is 6.10 Å². The highest BCUT2D eigenvalue weighted by molar-refractivity contribution is 5.28. The summed E-state index contributed by atoms with van der Waals surface area (Å²) in [5.74, 6) is 2.23. The Morgan fingerprint density at radius 3 is 2.78 bits per heavy atom. The van der Waals surface area contributed by atoms with Crippen molar-refractivity contribution in [3.63, 3.8) is 0 Å². The van der Waals surface area contributed by atoms with E-state index in [1.807, 2.05) is 6.92 Å². The summed E-state index contributed by atoms with van der Waals surface area (Å²) in [5, 5.41) is 4.72. The second-order valence-electron chi connectivity index (χ2n) is 6.49. The second kappa shape index (κ2) is 6.33. The van der Waals surface area contributed by atoms with E-state index in [0.717, 1.165) is 36.8 Å². The molecule has 1 saturated heterocycles. The van der Waals surface area contributed by atoms with Crippen LogP contribution >= 0.6 is 0 Å². The molecule has 1 atom stereocenters. The molecule has 0 radical (unpaired) electrons. The number of aryl methyl sites for hydroxylation is 1. The lowest BCUT2D eigenvalue weighted by Gasteiger charge is -2.19. The van der Waals surface area contributed by atoms with E-state index in [4.69, 9.17) is 19.6 Å². The molecule has 1 aliphatic rings. The Morgan fingerprint density at radius 2 is 2.13 bits per heavy atom. The van der Waals surface area contributed by atoms with Crippen molar-refractivity contribution in [2.24, 2.45) is 0 Å². The number of methoxy groups -OCH3 is 1. The van der Waals surface area contributed by atoms with Gasteiger partial charge in [-0.15, -0.1) is 5.10 Å². The second-order valence-corrected chi connectivity index (χ2v) is 6.49. The molecule has 0 unspecified atom stereocenters. The van der Waals surface area contributed by atoms with Crippen molar-refractivity contribution in [3.8, 4) is 5.82 Å². The minimum absolute atomic E-state index is 0.0454. The summed E-state index contributed by atoms with van der Waals surface area (Å²) in [5.41, 5.74) is 0.525. The molecular weight excluding hydrogens is 294 g/mol. The molecule has 124 valence electrons. The first-order valence-electron chi connectivity index (χ1n) is 7.89. The van der Waals surface area contributed by atoms with Gasteiger partial charge in [0, 0.05) is 31.5 Å². The third-order valence-electron chi connectivity index (χ3n) is 4.02. The molecule has 0 bridgehead atoms. The molecule has 0 aromatic carbocycles. The topological polar surface area (TPSA) is 75.0 Å². The van der Waals surface area contributed by atoms with Crippen LogP contribution in [0.4, 0.5) is 0 Å². The highest BCUT2D eigenvalue weighted by Crippen LogP contribution is 2.31. The molecule has 2 aromatic heterocycles. The quantitative estimate of drug-likeness (QED) is 0.841. The monoisotopic (exact) mass is 317 g/mol. The van der Waals surface area contributed by atoms with Crippen LogP contribution in [0.2, 0.25) is 0 Å². The Hall–Kier alpha value is -1.86. The van der Waals surface area contributed by atoms with Gasteiger partial charge in [0.2, 0.25) is 0 Å². The number of hydrogen-bond donors (Lipinski definition) is 0. The first kappa shape index (κ1) is 16.0. The number of aromatic nitrogens is 5. The van der Waals surface area contributed by atoms with Gasteiger partial charge < -0.3 is 9.47 Å². The molecule has 1 aliphatic heterocycles. The van der Waals surface area contributed by atoms with Gasteiger partial charge in [-0.05, 0) is 19.8 Å². The van der Waals surface area contributed by atoms with Gasteiger partial charge in [-0.1, -0.05) is 13.8 Å². The fourth-order valence-corrected chi connectivity index (χ4v) is 2.79. The van der Waals surface area contributed by atoms with Crippen molar-refractivity contribution < 1.29 is 9.47 Å². The van der Waals surface area contributed by atoms with Crippen molar-refractivity contribution in [2.45, 2.75) is 45.1 Å². The standard InChI is InChI=1S/C16H23N5O2/c1-11-13(18-8-7-17-11)21-14(12-6-5-9-23-12)19-15(20-21)16(2,3)10-22-4/h7-8,12H,5-6,9-10H2,1-4H3/t12-/m0/s1. The summed E-state index contributed by atoms with van der Waals surface area (Å²) in [4.78, 5) is 13.5. The Bertz CT molecular complexity index is 677. The van der Waals surface area contributed by atoms with Gasteiger partial charge in [0.05, 0.1) is 12.3 Å². The van der Waals surface area contributed by atoms with E-state index < -0.39 is 0 Å². The highest BCUT2D eigenvalue weighted by atomic mass is 16.5. The molecule has 0 saturated carbocycles. The van der Waals surface area contributed by atoms with Crippen molar-refractivity contribution in [1.82, 2.24) is 24.7 Å². The van der Waals surface area contributed by atoms with Crippen LogP contribution < -0.4 is 0 Å². The average molecular weight is 317 g/mol. The number of hydrogen-bond acceptors (Lipinski definition) is 6. The molecule has 7 heteroatoms. The summed E-state index contributed by atoms with van der Waals surface area (Å²) < 4.78 is 12.9. The zero-order chi connectivity index (χ0) is 16.4. The lowest BCUT2D eigenvalue weighted by atomic mass is 9.94. The fourth-order valence-electron chi connectivity index (χ4n) is 2.79. The van der Waals surface area contributed by atoms with E-state index in [0.29, 0.717) is 12.4 Å². The number of ether oxygens (including phenoxy) is 2.